The number of carboxylic acids is 1. The number of nitrogens with zero attached hydrogens (tertiary/aromatic N) is 1. The van der Waals surface area contributed by atoms with Crippen LogP contribution in [0.3, 0.4) is 0 Å². The van der Waals surface area contributed by atoms with Crippen LogP contribution in [-0.4, -0.2) is 46.5 Å². The molecule has 0 spiro atoms. The second-order valence-electron chi connectivity index (χ2n) is 3.61. The molecule has 0 aromatic rings. The highest BCUT2D eigenvalue weighted by molar-refractivity contribution is 7.98. The van der Waals surface area contributed by atoms with Crippen LogP contribution in [-0.2, 0) is 9.59 Å². The maximum atomic E-state index is 11.6. The average Bonchev–Trinajstić information content (AvgIpc) is 2.13. The van der Waals surface area contributed by atoms with E-state index >= 15 is 0 Å². The van der Waals surface area contributed by atoms with Crippen molar-refractivity contribution in [2.45, 2.75) is 32.7 Å². The Hall–Kier alpha value is -0.710. The van der Waals surface area contributed by atoms with E-state index in [-0.39, 0.29) is 18.5 Å². The van der Waals surface area contributed by atoms with E-state index in [0.29, 0.717) is 6.42 Å². The van der Waals surface area contributed by atoms with Gasteiger partial charge in [0.2, 0.25) is 5.91 Å². The molecule has 0 aromatic carbocycles. The van der Waals surface area contributed by atoms with Crippen LogP contribution < -0.4 is 0 Å². The molecule has 0 aromatic heterocycles. The van der Waals surface area contributed by atoms with Crippen LogP contribution in [0.4, 0.5) is 0 Å². The van der Waals surface area contributed by atoms with Gasteiger partial charge in [-0.3, -0.25) is 9.59 Å². The molecule has 0 aliphatic heterocycles. The Labute approximate surface area is 95.0 Å². The first-order chi connectivity index (χ1) is 6.99. The Kier molecular flexibility index (Phi) is 7.21. The van der Waals surface area contributed by atoms with Crippen LogP contribution in [0.5, 0.6) is 0 Å². The molecule has 15 heavy (non-hydrogen) atoms. The molecule has 88 valence electrons. The van der Waals surface area contributed by atoms with E-state index in [4.69, 9.17) is 5.11 Å². The molecule has 4 nitrogen and oxygen atoms in total. The van der Waals surface area contributed by atoms with E-state index in [1.54, 1.807) is 11.8 Å². The normalized spacial score (nSPS) is 10.4. The minimum atomic E-state index is -0.957. The molecule has 0 aliphatic rings. The van der Waals surface area contributed by atoms with E-state index < -0.39 is 5.97 Å². The quantitative estimate of drug-likeness (QED) is 0.676. The monoisotopic (exact) mass is 233 g/mol. The van der Waals surface area contributed by atoms with Crippen LogP contribution in [0.25, 0.3) is 0 Å². The number of carboxylic acid groups (broad SMARTS) is 1. The minimum Gasteiger partial charge on any atom is -0.480 e. The number of amides is 1. The Morgan fingerprint density at radius 3 is 2.40 bits per heavy atom. The molecule has 0 unspecified atom stereocenters. The summed E-state index contributed by atoms with van der Waals surface area (Å²) in [5.41, 5.74) is 0. The van der Waals surface area contributed by atoms with Gasteiger partial charge >= 0.3 is 5.97 Å². The van der Waals surface area contributed by atoms with Gasteiger partial charge in [0.15, 0.2) is 0 Å². The Bertz CT molecular complexity index is 219. The lowest BCUT2D eigenvalue weighted by atomic mass is 10.2. The fourth-order valence-electron chi connectivity index (χ4n) is 1.22. The number of aliphatic carboxylic acids is 1. The summed E-state index contributed by atoms with van der Waals surface area (Å²) in [7, 11) is 0. The zero-order valence-corrected chi connectivity index (χ0v) is 10.3. The lowest BCUT2D eigenvalue weighted by Gasteiger charge is -2.24. The number of thioether (sulfide) groups is 1. The summed E-state index contributed by atoms with van der Waals surface area (Å²) in [6.45, 7) is 3.46. The second-order valence-corrected chi connectivity index (χ2v) is 4.59. The van der Waals surface area contributed by atoms with E-state index in [1.807, 2.05) is 20.1 Å². The van der Waals surface area contributed by atoms with Gasteiger partial charge in [0.25, 0.3) is 0 Å². The number of hydrogen-bond acceptors (Lipinski definition) is 3. The van der Waals surface area contributed by atoms with Crippen molar-refractivity contribution < 1.29 is 14.7 Å². The van der Waals surface area contributed by atoms with Gasteiger partial charge in [-0.25, -0.2) is 0 Å². The van der Waals surface area contributed by atoms with Crippen molar-refractivity contribution in [2.75, 3.05) is 18.6 Å². The average molecular weight is 233 g/mol. The molecule has 0 aliphatic carbocycles. The van der Waals surface area contributed by atoms with Gasteiger partial charge in [-0.2, -0.15) is 11.8 Å². The summed E-state index contributed by atoms with van der Waals surface area (Å²) in [6.07, 6.45) is 3.23. The van der Waals surface area contributed by atoms with Gasteiger partial charge in [-0.05, 0) is 32.3 Å². The van der Waals surface area contributed by atoms with E-state index in [2.05, 4.69) is 0 Å². The molecule has 0 saturated heterocycles. The molecular formula is C10H19NO3S. The smallest absolute Gasteiger partial charge is 0.323 e. The third kappa shape index (κ3) is 6.38. The van der Waals surface area contributed by atoms with Crippen molar-refractivity contribution in [1.82, 2.24) is 4.90 Å². The molecular weight excluding hydrogens is 214 g/mol. The van der Waals surface area contributed by atoms with Gasteiger partial charge in [0.1, 0.15) is 6.54 Å². The van der Waals surface area contributed by atoms with Crippen LogP contribution >= 0.6 is 11.8 Å². The van der Waals surface area contributed by atoms with Gasteiger partial charge in [-0.15, -0.1) is 0 Å². The standard InChI is InChI=1S/C10H19NO3S/c1-8(2)11(7-10(13)14)9(12)5-4-6-15-3/h8H,4-7H2,1-3H3,(H,13,14). The lowest BCUT2D eigenvalue weighted by molar-refractivity contribution is -0.145. The zero-order valence-electron chi connectivity index (χ0n) is 9.52. The number of carbonyl (C=O) groups excluding carboxylic acids is 1. The van der Waals surface area contributed by atoms with Gasteiger partial charge in [0.05, 0.1) is 0 Å². The highest BCUT2D eigenvalue weighted by Crippen LogP contribution is 2.06. The topological polar surface area (TPSA) is 57.6 Å². The summed E-state index contributed by atoms with van der Waals surface area (Å²) in [4.78, 5) is 23.6. The van der Waals surface area contributed by atoms with Crippen molar-refractivity contribution in [3.05, 3.63) is 0 Å². The Balaban J connectivity index is 4.11. The molecule has 5 heteroatoms. The number of carbonyl (C=O) groups is 2. The molecule has 1 N–H and O–H groups in total. The Morgan fingerprint density at radius 1 is 1.40 bits per heavy atom. The summed E-state index contributed by atoms with van der Waals surface area (Å²) in [6, 6.07) is -0.0529. The van der Waals surface area contributed by atoms with E-state index in [1.165, 1.54) is 4.90 Å². The highest BCUT2D eigenvalue weighted by Gasteiger charge is 2.18. The summed E-state index contributed by atoms with van der Waals surface area (Å²) < 4.78 is 0. The molecule has 0 heterocycles. The molecule has 0 rings (SSSR count). The SMILES string of the molecule is CSCCCC(=O)N(CC(=O)O)C(C)C. The summed E-state index contributed by atoms with van der Waals surface area (Å²) >= 11 is 1.69. The molecule has 1 amide bonds. The highest BCUT2D eigenvalue weighted by atomic mass is 32.2. The molecule has 0 saturated carbocycles. The van der Waals surface area contributed by atoms with Crippen LogP contribution in [0.1, 0.15) is 26.7 Å². The molecule has 0 fully saturated rings. The fraction of sp³-hybridized carbons (Fsp3) is 0.800. The second kappa shape index (κ2) is 7.56. The number of rotatable bonds is 7. The van der Waals surface area contributed by atoms with Crippen molar-refractivity contribution in [1.29, 1.82) is 0 Å². The first-order valence-corrected chi connectivity index (χ1v) is 6.38. The first kappa shape index (κ1) is 14.3. The van der Waals surface area contributed by atoms with Crippen molar-refractivity contribution in [3.8, 4) is 0 Å². The van der Waals surface area contributed by atoms with E-state index in [9.17, 15) is 9.59 Å². The van der Waals surface area contributed by atoms with Gasteiger partial charge in [-0.1, -0.05) is 0 Å². The maximum absolute atomic E-state index is 11.6. The maximum Gasteiger partial charge on any atom is 0.323 e. The molecule has 0 radical (unpaired) electrons. The number of hydrogen-bond donors (Lipinski definition) is 1. The van der Waals surface area contributed by atoms with Gasteiger partial charge in [0, 0.05) is 12.5 Å². The zero-order chi connectivity index (χ0) is 11.8. The summed E-state index contributed by atoms with van der Waals surface area (Å²) in [5.74, 6) is -0.0894. The predicted molar refractivity (Wildman–Crippen MR) is 62.1 cm³/mol. The first-order valence-electron chi connectivity index (χ1n) is 4.99. The van der Waals surface area contributed by atoms with Crippen LogP contribution in [0.15, 0.2) is 0 Å². The van der Waals surface area contributed by atoms with Crippen molar-refractivity contribution in [2.24, 2.45) is 0 Å². The lowest BCUT2D eigenvalue weighted by Crippen LogP contribution is -2.40. The third-order valence-corrected chi connectivity index (χ3v) is 2.69. The predicted octanol–water partition coefficient (Wildman–Crippen LogP) is 1.45. The largest absolute Gasteiger partial charge is 0.480 e. The van der Waals surface area contributed by atoms with Crippen molar-refractivity contribution in [3.63, 3.8) is 0 Å². The summed E-state index contributed by atoms with van der Waals surface area (Å²) in [5, 5.41) is 8.66. The molecule has 0 bridgehead atoms. The third-order valence-electron chi connectivity index (χ3n) is 1.99. The fourth-order valence-corrected chi connectivity index (χ4v) is 1.65. The molecule has 0 atom stereocenters. The van der Waals surface area contributed by atoms with Crippen LogP contribution in [0.2, 0.25) is 0 Å². The minimum absolute atomic E-state index is 0.0529. The Morgan fingerprint density at radius 2 is 2.00 bits per heavy atom. The van der Waals surface area contributed by atoms with Crippen molar-refractivity contribution >= 4 is 23.6 Å². The van der Waals surface area contributed by atoms with Crippen LogP contribution in [0, 0.1) is 0 Å². The van der Waals surface area contributed by atoms with E-state index in [0.717, 1.165) is 12.2 Å². The van der Waals surface area contributed by atoms with Gasteiger partial charge < -0.3 is 10.0 Å².